The van der Waals surface area contributed by atoms with E-state index < -0.39 is 0 Å². The molecule has 1 aromatic heterocycles. The van der Waals surface area contributed by atoms with E-state index in [9.17, 15) is 4.79 Å². The van der Waals surface area contributed by atoms with Crippen molar-refractivity contribution in [2.75, 3.05) is 33.3 Å². The lowest BCUT2D eigenvalue weighted by Gasteiger charge is -2.28. The summed E-state index contributed by atoms with van der Waals surface area (Å²) in [4.78, 5) is 22.1. The molecule has 200 valence electrons. The number of amides is 1. The molecule has 2 aliphatic rings. The Balaban J connectivity index is 1.29. The number of nitrogens with one attached hydrogen (secondary N) is 3. The van der Waals surface area contributed by atoms with Crippen molar-refractivity contribution in [3.05, 3.63) is 107 Å². The van der Waals surface area contributed by atoms with E-state index in [-0.39, 0.29) is 11.9 Å². The second kappa shape index (κ2) is 11.6. The molecule has 2 aliphatic heterocycles. The molecule has 2 atom stereocenters. The highest BCUT2D eigenvalue weighted by Gasteiger charge is 2.31. The smallest absolute Gasteiger partial charge is 0.252 e. The highest BCUT2D eigenvalue weighted by atomic mass is 16.5. The zero-order chi connectivity index (χ0) is 26.6. The summed E-state index contributed by atoms with van der Waals surface area (Å²) < 4.78 is 5.39. The molecule has 3 N–H and O–H groups in total. The van der Waals surface area contributed by atoms with Gasteiger partial charge in [0.2, 0.25) is 0 Å². The fourth-order valence-corrected chi connectivity index (χ4v) is 6.42. The molecule has 0 radical (unpaired) electrons. The van der Waals surface area contributed by atoms with Gasteiger partial charge in [0.05, 0.1) is 50.1 Å². The van der Waals surface area contributed by atoms with Crippen molar-refractivity contribution in [3.63, 3.8) is 0 Å². The summed E-state index contributed by atoms with van der Waals surface area (Å²) in [5.74, 6) is 0.873. The third kappa shape index (κ3) is 5.54. The number of hydrogen-bond donors (Lipinski definition) is 3. The van der Waals surface area contributed by atoms with Gasteiger partial charge in [0.1, 0.15) is 24.9 Å². The van der Waals surface area contributed by atoms with Crippen LogP contribution >= 0.6 is 0 Å². The number of methoxy groups -OCH3 is 1. The fourth-order valence-electron chi connectivity index (χ4n) is 6.42. The third-order valence-corrected chi connectivity index (χ3v) is 8.47. The largest absolute Gasteiger partial charge is 0.497 e. The first-order chi connectivity index (χ1) is 19.2. The number of para-hydroxylation sites is 1. The van der Waals surface area contributed by atoms with Gasteiger partial charge in [0, 0.05) is 41.3 Å². The van der Waals surface area contributed by atoms with Crippen LogP contribution in [0.5, 0.6) is 5.75 Å². The van der Waals surface area contributed by atoms with E-state index in [1.54, 1.807) is 12.0 Å². The van der Waals surface area contributed by atoms with Crippen LogP contribution < -0.4 is 19.9 Å². The molecule has 1 amide bonds. The average Bonchev–Trinajstić information content (AvgIpc) is 3.51. The quantitative estimate of drug-likeness (QED) is 0.333. The molecule has 4 aromatic rings. The number of likely N-dealkylation sites (tertiary alicyclic amines) is 1. The third-order valence-electron chi connectivity index (χ3n) is 8.47. The van der Waals surface area contributed by atoms with E-state index in [0.29, 0.717) is 6.54 Å². The maximum Gasteiger partial charge on any atom is 0.252 e. The molecular formula is C33H38N4O2+2. The molecule has 3 heterocycles. The highest BCUT2D eigenvalue weighted by Crippen LogP contribution is 2.25. The second-order valence-electron chi connectivity index (χ2n) is 10.9. The molecule has 1 saturated heterocycles. The van der Waals surface area contributed by atoms with Crippen molar-refractivity contribution in [1.29, 1.82) is 0 Å². The van der Waals surface area contributed by atoms with E-state index >= 15 is 0 Å². The van der Waals surface area contributed by atoms with Gasteiger partial charge in [-0.1, -0.05) is 48.5 Å². The van der Waals surface area contributed by atoms with Crippen molar-refractivity contribution >= 4 is 16.8 Å². The Bertz CT molecular complexity index is 1430. The number of aromatic nitrogens is 1. The Kier molecular flexibility index (Phi) is 7.57. The van der Waals surface area contributed by atoms with Gasteiger partial charge in [-0.2, -0.15) is 0 Å². The Hall–Kier alpha value is -3.74. The summed E-state index contributed by atoms with van der Waals surface area (Å²) in [5, 5.41) is 4.33. The number of pyridine rings is 1. The van der Waals surface area contributed by atoms with Crippen LogP contribution in [0.25, 0.3) is 10.9 Å². The maximum atomic E-state index is 14.1. The number of fused-ring (bicyclic) bond motifs is 2. The Morgan fingerprint density at radius 2 is 1.69 bits per heavy atom. The zero-order valence-corrected chi connectivity index (χ0v) is 22.7. The molecule has 6 rings (SSSR count). The number of nitrogens with zero attached hydrogens (tertiary/aromatic N) is 1. The highest BCUT2D eigenvalue weighted by molar-refractivity contribution is 6.07. The Morgan fingerprint density at radius 1 is 0.949 bits per heavy atom. The molecule has 6 nitrogen and oxygen atoms in total. The number of carbonyl (C=O) groups is 1. The molecule has 0 spiro atoms. The van der Waals surface area contributed by atoms with E-state index in [2.05, 4.69) is 53.8 Å². The predicted octanol–water partition coefficient (Wildman–Crippen LogP) is 2.53. The maximum absolute atomic E-state index is 14.1. The van der Waals surface area contributed by atoms with Gasteiger partial charge in [-0.25, -0.2) is 0 Å². The molecule has 6 heteroatoms. The van der Waals surface area contributed by atoms with Gasteiger partial charge in [-0.05, 0) is 30.3 Å². The summed E-state index contributed by atoms with van der Waals surface area (Å²) in [6.07, 6.45) is 3.35. The summed E-state index contributed by atoms with van der Waals surface area (Å²) in [5.41, 5.74) is 6.47. The van der Waals surface area contributed by atoms with Crippen molar-refractivity contribution in [2.45, 2.75) is 38.4 Å². The number of rotatable bonds is 8. The number of hydrogen-bond acceptors (Lipinski definition) is 3. The van der Waals surface area contributed by atoms with Crippen LogP contribution in [0.4, 0.5) is 0 Å². The number of quaternary nitrogens is 2. The number of carbonyl (C=O) groups excluding carboxylic acids is 1. The van der Waals surface area contributed by atoms with E-state index in [4.69, 9.17) is 9.72 Å². The second-order valence-corrected chi connectivity index (χ2v) is 10.9. The van der Waals surface area contributed by atoms with E-state index in [1.807, 2.05) is 30.3 Å². The average molecular weight is 523 g/mol. The van der Waals surface area contributed by atoms with Gasteiger partial charge in [0.25, 0.3) is 5.91 Å². The zero-order valence-electron chi connectivity index (χ0n) is 22.7. The Labute approximate surface area is 230 Å². The van der Waals surface area contributed by atoms with Gasteiger partial charge in [-0.15, -0.1) is 0 Å². The van der Waals surface area contributed by atoms with E-state index in [1.165, 1.54) is 28.9 Å². The summed E-state index contributed by atoms with van der Waals surface area (Å²) >= 11 is 0. The molecule has 1 fully saturated rings. The van der Waals surface area contributed by atoms with Crippen LogP contribution in [0.3, 0.4) is 0 Å². The molecule has 3 aromatic carbocycles. The lowest BCUT2D eigenvalue weighted by Crippen LogP contribution is -3.11. The molecule has 39 heavy (non-hydrogen) atoms. The van der Waals surface area contributed by atoms with E-state index in [0.717, 1.165) is 72.6 Å². The molecule has 0 saturated carbocycles. The van der Waals surface area contributed by atoms with Crippen LogP contribution in [0.1, 0.15) is 51.6 Å². The van der Waals surface area contributed by atoms with Crippen molar-refractivity contribution in [2.24, 2.45) is 0 Å². The fraction of sp³-hybridized carbons (Fsp3) is 0.333. The van der Waals surface area contributed by atoms with Gasteiger partial charge < -0.3 is 19.9 Å². The molecule has 0 bridgehead atoms. The topological polar surface area (TPSA) is 60.1 Å². The normalized spacial score (nSPS) is 18.0. The molecule has 0 aliphatic carbocycles. The minimum atomic E-state index is 0.0166. The lowest BCUT2D eigenvalue weighted by atomic mass is 9.94. The first kappa shape index (κ1) is 25.5. The van der Waals surface area contributed by atoms with Gasteiger partial charge >= 0.3 is 0 Å². The predicted molar refractivity (Wildman–Crippen MR) is 153 cm³/mol. The van der Waals surface area contributed by atoms with Gasteiger partial charge in [0.15, 0.2) is 0 Å². The number of benzene rings is 3. The standard InChI is InChI=1S/C33H36N4O2/c1-39-26-15-13-25(14-16-26)31(37-18-7-8-19-37)21-34-33(38)32-27-11-5-6-12-29(27)35-30-17-20-36(23-28(30)32)22-24-9-3-2-4-10-24/h2-6,9-16,31H,7-8,17-23H2,1H3,(H,34,38)/p+2/t31-/m1/s1. The van der Waals surface area contributed by atoms with Gasteiger partial charge in [-0.3, -0.25) is 9.78 Å². The minimum Gasteiger partial charge on any atom is -0.497 e. The summed E-state index contributed by atoms with van der Waals surface area (Å²) in [6.45, 7) is 5.66. The SMILES string of the molecule is COc1ccc([C@@H](CNC(=O)c2c3c(nc4ccccc24)CC[NH+](Cc2ccccc2)C3)[NH+]2CCCC2)cc1. The van der Waals surface area contributed by atoms with Crippen LogP contribution in [0, 0.1) is 0 Å². The lowest BCUT2D eigenvalue weighted by molar-refractivity contribution is -0.929. The van der Waals surface area contributed by atoms with Crippen molar-refractivity contribution in [1.82, 2.24) is 10.3 Å². The van der Waals surface area contributed by atoms with Crippen molar-refractivity contribution in [3.8, 4) is 5.75 Å². The van der Waals surface area contributed by atoms with Crippen LogP contribution in [0.2, 0.25) is 0 Å². The number of ether oxygens (including phenoxy) is 1. The molecular weight excluding hydrogens is 484 g/mol. The van der Waals surface area contributed by atoms with Crippen LogP contribution in [-0.2, 0) is 19.5 Å². The monoisotopic (exact) mass is 522 g/mol. The summed E-state index contributed by atoms with van der Waals surface area (Å²) in [7, 11) is 1.70. The first-order valence-electron chi connectivity index (χ1n) is 14.2. The summed E-state index contributed by atoms with van der Waals surface area (Å²) in [6, 6.07) is 27.3. The van der Waals surface area contributed by atoms with Crippen LogP contribution in [-0.4, -0.2) is 44.2 Å². The van der Waals surface area contributed by atoms with Crippen molar-refractivity contribution < 1.29 is 19.3 Å². The Morgan fingerprint density at radius 3 is 2.46 bits per heavy atom. The van der Waals surface area contributed by atoms with Crippen LogP contribution in [0.15, 0.2) is 78.9 Å². The first-order valence-corrected chi connectivity index (χ1v) is 14.2. The minimum absolute atomic E-state index is 0.0166. The molecule has 1 unspecified atom stereocenters.